The predicted molar refractivity (Wildman–Crippen MR) is 56.1 cm³/mol. The molecule has 2 atom stereocenters. The van der Waals surface area contributed by atoms with Crippen LogP contribution in [-0.2, 0) is 4.74 Å². The molecule has 1 N–H and O–H groups in total. The fourth-order valence-electron chi connectivity index (χ4n) is 2.41. The Morgan fingerprint density at radius 3 is 2.71 bits per heavy atom. The summed E-state index contributed by atoms with van der Waals surface area (Å²) in [6.07, 6.45) is 5.63. The first-order valence-electron chi connectivity index (χ1n) is 5.93. The molecule has 1 aliphatic carbocycles. The first kappa shape index (κ1) is 10.4. The summed E-state index contributed by atoms with van der Waals surface area (Å²) < 4.78 is 5.68. The molecule has 1 heterocycles. The Bertz CT molecular complexity index is 198. The van der Waals surface area contributed by atoms with Crippen LogP contribution in [-0.4, -0.2) is 23.4 Å². The van der Waals surface area contributed by atoms with Crippen molar-refractivity contribution >= 4 is 0 Å². The molecule has 2 aliphatic rings. The number of ether oxygens (including phenoxy) is 1. The topological polar surface area (TPSA) is 29.5 Å². The fourth-order valence-corrected chi connectivity index (χ4v) is 2.41. The van der Waals surface area contributed by atoms with Crippen molar-refractivity contribution in [2.75, 3.05) is 6.61 Å². The van der Waals surface area contributed by atoms with E-state index in [2.05, 4.69) is 13.8 Å². The third-order valence-electron chi connectivity index (χ3n) is 3.59. The van der Waals surface area contributed by atoms with E-state index in [1.807, 2.05) is 0 Å². The van der Waals surface area contributed by atoms with Gasteiger partial charge in [0.1, 0.15) is 0 Å². The van der Waals surface area contributed by atoms with E-state index in [1.54, 1.807) is 0 Å². The second-order valence-electron chi connectivity index (χ2n) is 5.48. The Labute approximate surface area is 86.6 Å². The van der Waals surface area contributed by atoms with Gasteiger partial charge < -0.3 is 9.84 Å². The van der Waals surface area contributed by atoms with Crippen molar-refractivity contribution in [2.45, 2.75) is 57.7 Å². The Hall–Kier alpha value is -0.0800. The summed E-state index contributed by atoms with van der Waals surface area (Å²) in [5, 5.41) is 10.4. The second-order valence-corrected chi connectivity index (χ2v) is 5.48. The molecule has 82 valence electrons. The van der Waals surface area contributed by atoms with Crippen LogP contribution in [0, 0.1) is 11.8 Å². The zero-order valence-electron chi connectivity index (χ0n) is 9.33. The van der Waals surface area contributed by atoms with E-state index in [1.165, 1.54) is 12.8 Å². The highest BCUT2D eigenvalue weighted by atomic mass is 16.5. The number of hydrogen-bond acceptors (Lipinski definition) is 2. The van der Waals surface area contributed by atoms with Gasteiger partial charge in [0.25, 0.3) is 0 Å². The maximum Gasteiger partial charge on any atom is 0.0697 e. The third kappa shape index (κ3) is 2.48. The van der Waals surface area contributed by atoms with E-state index in [9.17, 15) is 5.11 Å². The molecule has 1 saturated heterocycles. The SMILES string of the molecule is CC(C)C1CC(O)(CC2CC2)CCO1. The molecule has 0 spiro atoms. The van der Waals surface area contributed by atoms with Crippen LogP contribution in [0.2, 0.25) is 0 Å². The van der Waals surface area contributed by atoms with Crippen LogP contribution in [0.1, 0.15) is 46.0 Å². The summed E-state index contributed by atoms with van der Waals surface area (Å²) in [7, 11) is 0. The summed E-state index contributed by atoms with van der Waals surface area (Å²) in [5.41, 5.74) is -0.408. The van der Waals surface area contributed by atoms with Crippen molar-refractivity contribution in [3.63, 3.8) is 0 Å². The normalized spacial score (nSPS) is 39.0. The van der Waals surface area contributed by atoms with Crippen molar-refractivity contribution < 1.29 is 9.84 Å². The second kappa shape index (κ2) is 3.82. The van der Waals surface area contributed by atoms with Gasteiger partial charge in [-0.2, -0.15) is 0 Å². The van der Waals surface area contributed by atoms with E-state index in [4.69, 9.17) is 4.74 Å². The summed E-state index contributed by atoms with van der Waals surface area (Å²) in [6, 6.07) is 0. The summed E-state index contributed by atoms with van der Waals surface area (Å²) >= 11 is 0. The van der Waals surface area contributed by atoms with E-state index in [0.717, 1.165) is 31.8 Å². The third-order valence-corrected chi connectivity index (χ3v) is 3.59. The molecule has 0 aromatic carbocycles. The van der Waals surface area contributed by atoms with Crippen LogP contribution in [0.25, 0.3) is 0 Å². The lowest BCUT2D eigenvalue weighted by atomic mass is 9.82. The summed E-state index contributed by atoms with van der Waals surface area (Å²) in [6.45, 7) is 5.09. The van der Waals surface area contributed by atoms with Gasteiger partial charge >= 0.3 is 0 Å². The van der Waals surface area contributed by atoms with Crippen molar-refractivity contribution in [2.24, 2.45) is 11.8 Å². The van der Waals surface area contributed by atoms with Gasteiger partial charge in [-0.15, -0.1) is 0 Å². The first-order valence-corrected chi connectivity index (χ1v) is 5.93. The largest absolute Gasteiger partial charge is 0.390 e. The van der Waals surface area contributed by atoms with E-state index in [-0.39, 0.29) is 6.10 Å². The lowest BCUT2D eigenvalue weighted by Gasteiger charge is -2.38. The lowest BCUT2D eigenvalue weighted by molar-refractivity contribution is -0.122. The summed E-state index contributed by atoms with van der Waals surface area (Å²) in [5.74, 6) is 1.34. The lowest BCUT2D eigenvalue weighted by Crippen LogP contribution is -2.43. The molecule has 0 bridgehead atoms. The zero-order chi connectivity index (χ0) is 10.2. The first-order chi connectivity index (χ1) is 6.59. The molecule has 1 saturated carbocycles. The molecular weight excluding hydrogens is 176 g/mol. The van der Waals surface area contributed by atoms with Gasteiger partial charge in [0, 0.05) is 13.0 Å². The molecule has 2 unspecified atom stereocenters. The Morgan fingerprint density at radius 1 is 1.43 bits per heavy atom. The van der Waals surface area contributed by atoms with Gasteiger partial charge in [-0.25, -0.2) is 0 Å². The number of hydrogen-bond donors (Lipinski definition) is 1. The highest BCUT2D eigenvalue weighted by Gasteiger charge is 2.40. The molecule has 2 heteroatoms. The van der Waals surface area contributed by atoms with Gasteiger partial charge in [-0.1, -0.05) is 26.7 Å². The van der Waals surface area contributed by atoms with Crippen molar-refractivity contribution in [3.05, 3.63) is 0 Å². The van der Waals surface area contributed by atoms with E-state index < -0.39 is 5.60 Å². The average molecular weight is 198 g/mol. The summed E-state index contributed by atoms with van der Waals surface area (Å²) in [4.78, 5) is 0. The molecule has 14 heavy (non-hydrogen) atoms. The van der Waals surface area contributed by atoms with Crippen LogP contribution < -0.4 is 0 Å². The molecule has 2 rings (SSSR count). The minimum atomic E-state index is -0.408. The van der Waals surface area contributed by atoms with Gasteiger partial charge in [0.15, 0.2) is 0 Å². The van der Waals surface area contributed by atoms with Crippen LogP contribution in [0.15, 0.2) is 0 Å². The highest BCUT2D eigenvalue weighted by molar-refractivity contribution is 4.91. The van der Waals surface area contributed by atoms with Gasteiger partial charge in [0.05, 0.1) is 11.7 Å². The molecule has 2 fully saturated rings. The van der Waals surface area contributed by atoms with Crippen molar-refractivity contribution in [3.8, 4) is 0 Å². The van der Waals surface area contributed by atoms with Crippen LogP contribution in [0.3, 0.4) is 0 Å². The standard InChI is InChI=1S/C12H22O2/c1-9(2)11-8-12(13,5-6-14-11)7-10-3-4-10/h9-11,13H,3-8H2,1-2H3. The van der Waals surface area contributed by atoms with Gasteiger partial charge in [-0.3, -0.25) is 0 Å². The van der Waals surface area contributed by atoms with Crippen LogP contribution >= 0.6 is 0 Å². The van der Waals surface area contributed by atoms with Crippen LogP contribution in [0.5, 0.6) is 0 Å². The quantitative estimate of drug-likeness (QED) is 0.754. The van der Waals surface area contributed by atoms with Gasteiger partial charge in [-0.05, 0) is 24.7 Å². The highest BCUT2D eigenvalue weighted by Crippen LogP contribution is 2.41. The monoisotopic (exact) mass is 198 g/mol. The van der Waals surface area contributed by atoms with Gasteiger partial charge in [0.2, 0.25) is 0 Å². The smallest absolute Gasteiger partial charge is 0.0697 e. The molecule has 0 radical (unpaired) electrons. The minimum Gasteiger partial charge on any atom is -0.390 e. The van der Waals surface area contributed by atoms with Crippen molar-refractivity contribution in [1.29, 1.82) is 0 Å². The van der Waals surface area contributed by atoms with E-state index >= 15 is 0 Å². The molecular formula is C12H22O2. The number of rotatable bonds is 3. The molecule has 2 nitrogen and oxygen atoms in total. The zero-order valence-corrected chi connectivity index (χ0v) is 9.33. The number of aliphatic hydroxyl groups is 1. The Balaban J connectivity index is 1.90. The van der Waals surface area contributed by atoms with Crippen molar-refractivity contribution in [1.82, 2.24) is 0 Å². The maximum absolute atomic E-state index is 10.4. The molecule has 0 aromatic rings. The minimum absolute atomic E-state index is 0.271. The molecule has 1 aliphatic heterocycles. The molecule has 0 aromatic heterocycles. The predicted octanol–water partition coefficient (Wildman–Crippen LogP) is 2.35. The van der Waals surface area contributed by atoms with E-state index in [0.29, 0.717) is 5.92 Å². The molecule has 0 amide bonds. The Morgan fingerprint density at radius 2 is 2.14 bits per heavy atom. The average Bonchev–Trinajstić information content (AvgIpc) is 2.87. The fraction of sp³-hybridized carbons (Fsp3) is 1.00. The Kier molecular flexibility index (Phi) is 2.85. The van der Waals surface area contributed by atoms with Crippen LogP contribution in [0.4, 0.5) is 0 Å². The maximum atomic E-state index is 10.4.